The quantitative estimate of drug-likeness (QED) is 0.626. The van der Waals surface area contributed by atoms with Crippen molar-refractivity contribution in [2.75, 3.05) is 13.1 Å². The van der Waals surface area contributed by atoms with Gasteiger partial charge in [0, 0.05) is 6.50 Å². The van der Waals surface area contributed by atoms with Crippen LogP contribution in [0.2, 0.25) is 0 Å². The van der Waals surface area contributed by atoms with Crippen molar-refractivity contribution >= 4 is 6.09 Å². The summed E-state index contributed by atoms with van der Waals surface area (Å²) in [7, 11) is 0. The number of aliphatic hydroxyl groups is 1. The van der Waals surface area contributed by atoms with E-state index in [-0.39, 0.29) is 0 Å². The summed E-state index contributed by atoms with van der Waals surface area (Å²) in [6.07, 6.45) is -1.13. The molecule has 11 heavy (non-hydrogen) atoms. The number of amides is 1. The smallest absolute Gasteiger partial charge is 0.407 e. The summed E-state index contributed by atoms with van der Waals surface area (Å²) < 4.78 is 32.3. The molecule has 4 heteroatoms. The summed E-state index contributed by atoms with van der Waals surface area (Å²) in [5, 5.41) is 10.4. The van der Waals surface area contributed by atoms with E-state index in [4.69, 9.17) is 15.3 Å². The van der Waals surface area contributed by atoms with Gasteiger partial charge in [0.25, 0.3) is 0 Å². The van der Waals surface area contributed by atoms with E-state index in [1.165, 1.54) is 0 Å². The lowest BCUT2D eigenvalue weighted by Crippen LogP contribution is -2.33. The molecule has 0 bridgehead atoms. The van der Waals surface area contributed by atoms with E-state index in [1.807, 2.05) is 0 Å². The molecule has 4 nitrogen and oxygen atoms in total. The third-order valence-electron chi connectivity index (χ3n) is 0.619. The van der Waals surface area contributed by atoms with Gasteiger partial charge >= 0.3 is 6.09 Å². The maximum atomic E-state index is 11.1. The van der Waals surface area contributed by atoms with Crippen LogP contribution in [0, 0.1) is 0 Å². The zero-order valence-electron chi connectivity index (χ0n) is 10.8. The lowest BCUT2D eigenvalue weighted by molar-refractivity contribution is 0.0518. The van der Waals surface area contributed by atoms with Crippen molar-refractivity contribution in [2.45, 2.75) is 26.4 Å². The van der Waals surface area contributed by atoms with Crippen LogP contribution < -0.4 is 5.32 Å². The molecule has 0 heterocycles. The highest BCUT2D eigenvalue weighted by molar-refractivity contribution is 5.67. The van der Waals surface area contributed by atoms with E-state index in [9.17, 15) is 4.79 Å². The fraction of sp³-hybridized carbons (Fsp3) is 0.857. The summed E-state index contributed by atoms with van der Waals surface area (Å²) in [5.74, 6) is 0. The molecule has 0 spiro atoms. The maximum absolute atomic E-state index is 11.1. The van der Waals surface area contributed by atoms with Crippen molar-refractivity contribution in [1.29, 1.82) is 0 Å². The summed E-state index contributed by atoms with van der Waals surface area (Å²) in [6.45, 7) is -1.35. The van der Waals surface area contributed by atoms with E-state index in [1.54, 1.807) is 26.1 Å². The van der Waals surface area contributed by atoms with Crippen LogP contribution in [0.25, 0.3) is 0 Å². The number of alkyl carbamates (subject to hydrolysis) is 1. The normalized spacial score (nSPS) is 18.9. The van der Waals surface area contributed by atoms with Gasteiger partial charge in [0.15, 0.2) is 0 Å². The predicted octanol–water partition coefficient (Wildman–Crippen LogP) is 0.503. The average Bonchev–Trinajstić information content (AvgIpc) is 1.75. The third kappa shape index (κ3) is 7.12. The molecule has 0 atom stereocenters. The van der Waals surface area contributed by atoms with Gasteiger partial charge in [-0.2, -0.15) is 0 Å². The maximum Gasteiger partial charge on any atom is 0.407 e. The molecule has 0 aromatic heterocycles. The molecule has 0 aliphatic heterocycles. The number of carbonyl (C=O) groups is 1. The first-order chi connectivity index (χ1) is 6.35. The van der Waals surface area contributed by atoms with E-state index in [2.05, 4.69) is 0 Å². The largest absolute Gasteiger partial charge is 0.444 e. The molecular weight excluding hydrogens is 146 g/mol. The highest BCUT2D eigenvalue weighted by Gasteiger charge is 2.14. The molecule has 0 unspecified atom stereocenters. The molecule has 0 rings (SSSR count). The number of hydrogen-bond acceptors (Lipinski definition) is 3. The molecule has 0 aliphatic rings. The second kappa shape index (κ2) is 4.18. The minimum atomic E-state index is -3.18. The summed E-state index contributed by atoms with van der Waals surface area (Å²) in [5.41, 5.74) is -0.817. The minimum Gasteiger partial charge on any atom is -0.444 e. The van der Waals surface area contributed by atoms with Crippen LogP contribution in [0.1, 0.15) is 26.3 Å². The first-order valence-electron chi connectivity index (χ1n) is 5.09. The van der Waals surface area contributed by atoms with E-state index in [0.29, 0.717) is 0 Å². The van der Waals surface area contributed by atoms with Crippen LogP contribution in [0.3, 0.4) is 0 Å². The van der Waals surface area contributed by atoms with Gasteiger partial charge < -0.3 is 15.2 Å². The number of ether oxygens (including phenoxy) is 1. The van der Waals surface area contributed by atoms with Gasteiger partial charge in [-0.1, -0.05) is 0 Å². The van der Waals surface area contributed by atoms with Crippen molar-refractivity contribution in [2.24, 2.45) is 0 Å². The minimum absolute atomic E-state index is 0.817. The number of carbonyl (C=O) groups excluding carboxylic acids is 1. The Balaban J connectivity index is 4.43. The molecular formula is C7H15NO3. The zero-order valence-corrected chi connectivity index (χ0v) is 6.76. The predicted molar refractivity (Wildman–Crippen MR) is 41.3 cm³/mol. The fourth-order valence-corrected chi connectivity index (χ4v) is 0.383. The molecule has 1 amide bonds. The lowest BCUT2D eigenvalue weighted by atomic mass is 10.2. The third-order valence-corrected chi connectivity index (χ3v) is 0.619. The molecule has 0 aliphatic carbocycles. The van der Waals surface area contributed by atoms with Crippen molar-refractivity contribution < 1.29 is 20.1 Å². The van der Waals surface area contributed by atoms with Crippen LogP contribution in [0.4, 0.5) is 4.79 Å². The van der Waals surface area contributed by atoms with Crippen molar-refractivity contribution in [3.05, 3.63) is 0 Å². The Morgan fingerprint density at radius 2 is 2.27 bits per heavy atom. The van der Waals surface area contributed by atoms with Gasteiger partial charge in [0.1, 0.15) is 5.60 Å². The Hall–Kier alpha value is -0.770. The molecule has 0 aromatic rings. The van der Waals surface area contributed by atoms with Gasteiger partial charge in [-0.05, 0) is 20.8 Å². The van der Waals surface area contributed by atoms with Gasteiger partial charge in [0.05, 0.1) is 12.0 Å². The fourth-order valence-electron chi connectivity index (χ4n) is 0.383. The number of nitrogens with one attached hydrogen (secondary N) is 1. The summed E-state index contributed by atoms with van der Waals surface area (Å²) >= 11 is 0. The van der Waals surface area contributed by atoms with Gasteiger partial charge in [-0.25, -0.2) is 4.79 Å². The van der Waals surface area contributed by atoms with Crippen LogP contribution >= 0.6 is 0 Å². The SMILES string of the molecule is [2H]C([2H])(O)C([2H])([2H])NC(=O)OC(C)(C)C. The van der Waals surface area contributed by atoms with E-state index in [0.717, 1.165) is 0 Å². The standard InChI is InChI=1S/C7H15NO3/c1-7(2,3)11-6(10)8-4-5-9/h9H,4-5H2,1-3H3,(H,8,10)/i4D2,5D2. The summed E-state index contributed by atoms with van der Waals surface area (Å²) in [6, 6.07) is 0. The average molecular weight is 165 g/mol. The first-order valence-corrected chi connectivity index (χ1v) is 3.09. The first kappa shape index (κ1) is 4.98. The topological polar surface area (TPSA) is 58.6 Å². The van der Waals surface area contributed by atoms with Gasteiger partial charge in [-0.3, -0.25) is 0 Å². The molecule has 0 saturated carbocycles. The monoisotopic (exact) mass is 165 g/mol. The zero-order chi connectivity index (χ0) is 12.5. The Bertz CT molecular complexity index is 244. The highest BCUT2D eigenvalue weighted by atomic mass is 16.6. The Kier molecular flexibility index (Phi) is 1.89. The van der Waals surface area contributed by atoms with Crippen LogP contribution in [-0.2, 0) is 4.74 Å². The number of hydrogen-bond donors (Lipinski definition) is 2. The van der Waals surface area contributed by atoms with Crippen molar-refractivity contribution in [3.8, 4) is 0 Å². The van der Waals surface area contributed by atoms with Crippen LogP contribution in [0.15, 0.2) is 0 Å². The van der Waals surface area contributed by atoms with E-state index < -0.39 is 24.8 Å². The molecule has 0 radical (unpaired) electrons. The van der Waals surface area contributed by atoms with Crippen molar-refractivity contribution in [3.63, 3.8) is 0 Å². The lowest BCUT2D eigenvalue weighted by Gasteiger charge is -2.19. The molecule has 0 saturated heterocycles. The van der Waals surface area contributed by atoms with Gasteiger partial charge in [-0.15, -0.1) is 0 Å². The molecule has 2 N–H and O–H groups in total. The highest BCUT2D eigenvalue weighted by Crippen LogP contribution is 2.05. The Morgan fingerprint density at radius 3 is 2.64 bits per heavy atom. The molecule has 0 aromatic carbocycles. The van der Waals surface area contributed by atoms with Crippen LogP contribution in [-0.4, -0.2) is 29.9 Å². The second-order valence-electron chi connectivity index (χ2n) is 2.86. The van der Waals surface area contributed by atoms with Crippen molar-refractivity contribution in [1.82, 2.24) is 5.32 Å². The molecule has 0 fully saturated rings. The van der Waals surface area contributed by atoms with Crippen LogP contribution in [0.5, 0.6) is 0 Å². The Labute approximate surface area is 72.2 Å². The molecule has 66 valence electrons. The number of rotatable bonds is 2. The Morgan fingerprint density at radius 1 is 1.73 bits per heavy atom. The van der Waals surface area contributed by atoms with E-state index >= 15 is 0 Å². The second-order valence-corrected chi connectivity index (χ2v) is 2.86. The summed E-state index contributed by atoms with van der Waals surface area (Å²) in [4.78, 5) is 11.1. The van der Waals surface area contributed by atoms with Gasteiger partial charge in [0.2, 0.25) is 0 Å².